The molecule has 122 valence electrons. The third kappa shape index (κ3) is 3.02. The maximum Gasteiger partial charge on any atom is 0.263 e. The topological polar surface area (TPSA) is 52.0 Å². The molecule has 1 aliphatic rings. The summed E-state index contributed by atoms with van der Waals surface area (Å²) in [5, 5.41) is 1.27. The summed E-state index contributed by atoms with van der Waals surface area (Å²) in [7, 11) is 0. The van der Waals surface area contributed by atoms with Gasteiger partial charge in [0.2, 0.25) is 0 Å². The molecule has 1 saturated carbocycles. The quantitative estimate of drug-likeness (QED) is 0.622. The summed E-state index contributed by atoms with van der Waals surface area (Å²) in [5.41, 5.74) is 0.980. The summed E-state index contributed by atoms with van der Waals surface area (Å²) in [6, 6.07) is 0. The van der Waals surface area contributed by atoms with E-state index >= 15 is 0 Å². The summed E-state index contributed by atoms with van der Waals surface area (Å²) in [6.07, 6.45) is 5.26. The van der Waals surface area contributed by atoms with Crippen molar-refractivity contribution in [2.24, 2.45) is 0 Å². The molecule has 6 heteroatoms. The molecule has 1 atom stereocenters. The van der Waals surface area contributed by atoms with Gasteiger partial charge in [-0.05, 0) is 32.3 Å². The fourth-order valence-electron chi connectivity index (χ4n) is 2.89. The zero-order valence-electron chi connectivity index (χ0n) is 13.4. The molecule has 0 amide bonds. The summed E-state index contributed by atoms with van der Waals surface area (Å²) in [6.45, 7) is 8.14. The highest BCUT2D eigenvalue weighted by Crippen LogP contribution is 2.33. The number of thiophene rings is 1. The number of hydrogen-bond acceptors (Lipinski definition) is 5. The predicted octanol–water partition coefficient (Wildman–Crippen LogP) is 3.86. The molecule has 0 spiro atoms. The molecule has 0 unspecified atom stereocenters. The lowest BCUT2D eigenvalue weighted by molar-refractivity contribution is -0.119. The van der Waals surface area contributed by atoms with Crippen molar-refractivity contribution in [1.29, 1.82) is 0 Å². The number of fused-ring (bicyclic) bond motifs is 1. The van der Waals surface area contributed by atoms with Gasteiger partial charge in [-0.3, -0.25) is 14.2 Å². The fraction of sp³-hybridized carbons (Fsp3) is 0.471. The summed E-state index contributed by atoms with van der Waals surface area (Å²) < 4.78 is 1.65. The van der Waals surface area contributed by atoms with Crippen LogP contribution < -0.4 is 5.56 Å². The van der Waals surface area contributed by atoms with E-state index in [1.165, 1.54) is 11.8 Å². The first-order chi connectivity index (χ1) is 11.0. The van der Waals surface area contributed by atoms with Crippen LogP contribution in [0, 0.1) is 13.8 Å². The van der Waals surface area contributed by atoms with Crippen LogP contribution in [-0.4, -0.2) is 20.6 Å². The first-order valence-electron chi connectivity index (χ1n) is 7.83. The number of hydrogen-bond donors (Lipinski definition) is 0. The second-order valence-corrected chi connectivity index (χ2v) is 8.25. The molecule has 0 bridgehead atoms. The van der Waals surface area contributed by atoms with Crippen LogP contribution in [-0.2, 0) is 11.3 Å². The van der Waals surface area contributed by atoms with E-state index < -0.39 is 0 Å². The minimum Gasteiger partial charge on any atom is -0.298 e. The fourth-order valence-corrected chi connectivity index (χ4v) is 5.19. The molecule has 1 fully saturated rings. The Bertz CT molecular complexity index is 835. The van der Waals surface area contributed by atoms with E-state index in [2.05, 4.69) is 6.58 Å². The Kier molecular flexibility index (Phi) is 4.73. The first-order valence-corrected chi connectivity index (χ1v) is 9.53. The summed E-state index contributed by atoms with van der Waals surface area (Å²) >= 11 is 2.99. The van der Waals surface area contributed by atoms with Crippen molar-refractivity contribution in [3.8, 4) is 0 Å². The standard InChI is InChI=1S/C17H20N2O2S2/c1-4-9-19-16(21)14-10(2)11(3)22-15(14)18-17(19)23-13-8-6-5-7-12(13)20/h4,13H,1,5-9H2,2-3H3/t13-/m0/s1. The zero-order valence-corrected chi connectivity index (χ0v) is 15.1. The molecule has 3 rings (SSSR count). The van der Waals surface area contributed by atoms with Crippen LogP contribution in [0.5, 0.6) is 0 Å². The van der Waals surface area contributed by atoms with Crippen LogP contribution in [0.25, 0.3) is 10.2 Å². The van der Waals surface area contributed by atoms with Crippen LogP contribution >= 0.6 is 23.1 Å². The van der Waals surface area contributed by atoms with E-state index in [4.69, 9.17) is 4.98 Å². The van der Waals surface area contributed by atoms with Crippen LogP contribution in [0.1, 0.15) is 36.1 Å². The SMILES string of the molecule is C=CCn1c(S[C@H]2CCCCC2=O)nc2sc(C)c(C)c2c1=O. The molecule has 2 aromatic heterocycles. The molecule has 2 aromatic rings. The van der Waals surface area contributed by atoms with E-state index in [0.29, 0.717) is 23.5 Å². The minimum absolute atomic E-state index is 0.0255. The molecule has 0 radical (unpaired) electrons. The number of allylic oxidation sites excluding steroid dienone is 1. The van der Waals surface area contributed by atoms with Gasteiger partial charge in [-0.15, -0.1) is 17.9 Å². The van der Waals surface area contributed by atoms with Crippen molar-refractivity contribution < 1.29 is 4.79 Å². The normalized spacial score (nSPS) is 18.5. The average Bonchev–Trinajstić information content (AvgIpc) is 2.80. The van der Waals surface area contributed by atoms with Crippen molar-refractivity contribution in [2.75, 3.05) is 0 Å². The van der Waals surface area contributed by atoms with E-state index in [-0.39, 0.29) is 16.6 Å². The Labute approximate surface area is 143 Å². The highest BCUT2D eigenvalue weighted by molar-refractivity contribution is 8.00. The number of aryl methyl sites for hydroxylation is 2. The lowest BCUT2D eigenvalue weighted by atomic mass is 9.99. The molecule has 4 nitrogen and oxygen atoms in total. The van der Waals surface area contributed by atoms with Crippen LogP contribution in [0.15, 0.2) is 22.6 Å². The van der Waals surface area contributed by atoms with Gasteiger partial charge in [-0.1, -0.05) is 24.3 Å². The van der Waals surface area contributed by atoms with Gasteiger partial charge in [-0.25, -0.2) is 4.98 Å². The van der Waals surface area contributed by atoms with Gasteiger partial charge >= 0.3 is 0 Å². The molecule has 0 N–H and O–H groups in total. The van der Waals surface area contributed by atoms with Gasteiger partial charge in [0.05, 0.1) is 10.6 Å². The maximum absolute atomic E-state index is 12.9. The van der Waals surface area contributed by atoms with Crippen LogP contribution in [0.3, 0.4) is 0 Å². The highest BCUT2D eigenvalue weighted by atomic mass is 32.2. The third-order valence-electron chi connectivity index (χ3n) is 4.31. The first kappa shape index (κ1) is 16.5. The van der Waals surface area contributed by atoms with E-state index in [1.807, 2.05) is 13.8 Å². The number of rotatable bonds is 4. The third-order valence-corrected chi connectivity index (χ3v) is 6.72. The number of aromatic nitrogens is 2. The Balaban J connectivity index is 2.11. The molecular formula is C17H20N2O2S2. The molecule has 0 saturated heterocycles. The van der Waals surface area contributed by atoms with Gasteiger partial charge in [0.1, 0.15) is 10.6 Å². The number of ketones is 1. The molecule has 1 aliphatic carbocycles. The van der Waals surface area contributed by atoms with E-state index in [1.54, 1.807) is 22.0 Å². The highest BCUT2D eigenvalue weighted by Gasteiger charge is 2.26. The van der Waals surface area contributed by atoms with Gasteiger partial charge in [-0.2, -0.15) is 0 Å². The molecular weight excluding hydrogens is 328 g/mol. The number of nitrogens with zero attached hydrogens (tertiary/aromatic N) is 2. The second-order valence-electron chi connectivity index (χ2n) is 5.88. The van der Waals surface area contributed by atoms with Gasteiger partial charge in [0.15, 0.2) is 5.16 Å². The van der Waals surface area contributed by atoms with E-state index in [0.717, 1.165) is 34.5 Å². The molecule has 23 heavy (non-hydrogen) atoms. The molecule has 0 aromatic carbocycles. The summed E-state index contributed by atoms with van der Waals surface area (Å²) in [4.78, 5) is 31.6. The average molecular weight is 348 g/mol. The Morgan fingerprint density at radius 3 is 2.87 bits per heavy atom. The van der Waals surface area contributed by atoms with Crippen molar-refractivity contribution >= 4 is 39.1 Å². The smallest absolute Gasteiger partial charge is 0.263 e. The van der Waals surface area contributed by atoms with E-state index in [9.17, 15) is 9.59 Å². The van der Waals surface area contributed by atoms with Gasteiger partial charge < -0.3 is 0 Å². The lowest BCUT2D eigenvalue weighted by Crippen LogP contribution is -2.26. The zero-order chi connectivity index (χ0) is 16.6. The molecule has 2 heterocycles. The Morgan fingerprint density at radius 2 is 2.17 bits per heavy atom. The van der Waals surface area contributed by atoms with Crippen molar-refractivity contribution in [3.63, 3.8) is 0 Å². The number of thioether (sulfide) groups is 1. The summed E-state index contributed by atoms with van der Waals surface area (Å²) in [5.74, 6) is 0.277. The lowest BCUT2D eigenvalue weighted by Gasteiger charge is -2.20. The minimum atomic E-state index is -0.0775. The number of Topliss-reactive ketones (excluding diaryl/α,β-unsaturated/α-hetero) is 1. The van der Waals surface area contributed by atoms with Crippen molar-refractivity contribution in [2.45, 2.75) is 56.5 Å². The number of carbonyl (C=O) groups excluding carboxylic acids is 1. The van der Waals surface area contributed by atoms with Crippen LogP contribution in [0.2, 0.25) is 0 Å². The Hall–Kier alpha value is -1.40. The van der Waals surface area contributed by atoms with Crippen molar-refractivity contribution in [3.05, 3.63) is 33.4 Å². The van der Waals surface area contributed by atoms with Crippen LogP contribution in [0.4, 0.5) is 0 Å². The van der Waals surface area contributed by atoms with Gasteiger partial charge in [0, 0.05) is 17.8 Å². The second kappa shape index (κ2) is 6.61. The predicted molar refractivity (Wildman–Crippen MR) is 96.7 cm³/mol. The monoisotopic (exact) mass is 348 g/mol. The maximum atomic E-state index is 12.9. The molecule has 0 aliphatic heterocycles. The van der Waals surface area contributed by atoms with Crippen molar-refractivity contribution in [1.82, 2.24) is 9.55 Å². The number of carbonyl (C=O) groups is 1. The largest absolute Gasteiger partial charge is 0.298 e. The van der Waals surface area contributed by atoms with Gasteiger partial charge in [0.25, 0.3) is 5.56 Å². The Morgan fingerprint density at radius 1 is 1.39 bits per heavy atom.